The molecule has 0 saturated carbocycles. The first-order valence-electron chi connectivity index (χ1n) is 5.29. The quantitative estimate of drug-likeness (QED) is 0.910. The minimum atomic E-state index is -0.710. The molecular weight excluding hydrogens is 258 g/mol. The van der Waals surface area contributed by atoms with E-state index in [1.165, 1.54) is 11.3 Å². The number of nitrogens with zero attached hydrogens (tertiary/aromatic N) is 1. The fraction of sp³-hybridized carbons (Fsp3) is 0.250. The van der Waals surface area contributed by atoms with Crippen LogP contribution in [-0.4, -0.2) is 16.7 Å². The van der Waals surface area contributed by atoms with Crippen molar-refractivity contribution >= 4 is 22.9 Å². The summed E-state index contributed by atoms with van der Waals surface area (Å²) in [6, 6.07) is 5.74. The van der Waals surface area contributed by atoms with E-state index in [0.717, 1.165) is 29.9 Å². The summed E-state index contributed by atoms with van der Waals surface area (Å²) in [7, 11) is 0. The van der Waals surface area contributed by atoms with Crippen LogP contribution in [0.2, 0.25) is 4.34 Å². The molecule has 0 saturated heterocycles. The van der Waals surface area contributed by atoms with Gasteiger partial charge in [0.25, 0.3) is 0 Å². The standard InChI is InChI=1S/C12H10ClNO2S/c13-10-6-14-12(17-10)11(15)8-1-2-9-7(5-8)3-4-16-9/h1-2,5-6,11,15H,3-4H2. The number of aliphatic hydroxyl groups excluding tert-OH is 1. The van der Waals surface area contributed by atoms with E-state index in [2.05, 4.69) is 4.98 Å². The van der Waals surface area contributed by atoms with Gasteiger partial charge >= 0.3 is 0 Å². The molecule has 2 aromatic rings. The molecular formula is C12H10ClNO2S. The molecule has 2 heterocycles. The predicted octanol–water partition coefficient (Wildman–Crippen LogP) is 2.81. The summed E-state index contributed by atoms with van der Waals surface area (Å²) in [5.41, 5.74) is 1.98. The molecule has 0 spiro atoms. The van der Waals surface area contributed by atoms with Crippen molar-refractivity contribution in [3.05, 3.63) is 44.9 Å². The van der Waals surface area contributed by atoms with Gasteiger partial charge in [-0.25, -0.2) is 4.98 Å². The van der Waals surface area contributed by atoms with Crippen molar-refractivity contribution in [2.45, 2.75) is 12.5 Å². The van der Waals surface area contributed by atoms with Crippen molar-refractivity contribution in [3.63, 3.8) is 0 Å². The van der Waals surface area contributed by atoms with Gasteiger partial charge in [-0.15, -0.1) is 11.3 Å². The Labute approximate surface area is 108 Å². The monoisotopic (exact) mass is 267 g/mol. The van der Waals surface area contributed by atoms with Crippen LogP contribution in [0.25, 0.3) is 0 Å². The molecule has 3 nitrogen and oxygen atoms in total. The van der Waals surface area contributed by atoms with E-state index in [0.29, 0.717) is 9.34 Å². The zero-order chi connectivity index (χ0) is 11.8. The second-order valence-corrected chi connectivity index (χ2v) is 5.56. The van der Waals surface area contributed by atoms with Gasteiger partial charge in [0.2, 0.25) is 0 Å². The lowest BCUT2D eigenvalue weighted by Crippen LogP contribution is -1.99. The molecule has 1 atom stereocenters. The average Bonchev–Trinajstić information content (AvgIpc) is 2.95. The Morgan fingerprint density at radius 2 is 2.35 bits per heavy atom. The normalized spacial score (nSPS) is 15.4. The second kappa shape index (κ2) is 4.29. The number of thiazole rings is 1. The largest absolute Gasteiger partial charge is 0.493 e. The lowest BCUT2D eigenvalue weighted by Gasteiger charge is -2.09. The molecule has 1 unspecified atom stereocenters. The second-order valence-electron chi connectivity index (χ2n) is 3.87. The van der Waals surface area contributed by atoms with E-state index in [4.69, 9.17) is 16.3 Å². The molecule has 1 N–H and O–H groups in total. The minimum Gasteiger partial charge on any atom is -0.493 e. The summed E-state index contributed by atoms with van der Waals surface area (Å²) in [5.74, 6) is 0.915. The number of benzene rings is 1. The van der Waals surface area contributed by atoms with Crippen molar-refractivity contribution in [1.29, 1.82) is 0 Å². The van der Waals surface area contributed by atoms with Gasteiger partial charge < -0.3 is 9.84 Å². The minimum absolute atomic E-state index is 0.587. The smallest absolute Gasteiger partial charge is 0.131 e. The molecule has 1 aliphatic heterocycles. The molecule has 1 aromatic heterocycles. The highest BCUT2D eigenvalue weighted by Crippen LogP contribution is 2.32. The zero-order valence-electron chi connectivity index (χ0n) is 8.89. The highest BCUT2D eigenvalue weighted by molar-refractivity contribution is 7.15. The fourth-order valence-electron chi connectivity index (χ4n) is 1.91. The van der Waals surface area contributed by atoms with Crippen molar-refractivity contribution in [2.75, 3.05) is 6.61 Å². The van der Waals surface area contributed by atoms with Crippen LogP contribution in [-0.2, 0) is 6.42 Å². The van der Waals surface area contributed by atoms with Crippen molar-refractivity contribution in [1.82, 2.24) is 4.98 Å². The van der Waals surface area contributed by atoms with Gasteiger partial charge in [-0.2, -0.15) is 0 Å². The summed E-state index contributed by atoms with van der Waals surface area (Å²) in [5, 5.41) is 10.8. The number of ether oxygens (including phenoxy) is 1. The van der Waals surface area contributed by atoms with E-state index in [1.54, 1.807) is 6.20 Å². The summed E-state index contributed by atoms with van der Waals surface area (Å²) < 4.78 is 6.01. The van der Waals surface area contributed by atoms with Crippen LogP contribution in [0.1, 0.15) is 22.2 Å². The van der Waals surface area contributed by atoms with Gasteiger partial charge in [0.1, 0.15) is 21.2 Å². The van der Waals surface area contributed by atoms with E-state index >= 15 is 0 Å². The van der Waals surface area contributed by atoms with Crippen LogP contribution in [0.4, 0.5) is 0 Å². The Morgan fingerprint density at radius 1 is 1.47 bits per heavy atom. The van der Waals surface area contributed by atoms with E-state index in [-0.39, 0.29) is 0 Å². The maximum Gasteiger partial charge on any atom is 0.131 e. The Morgan fingerprint density at radius 3 is 3.12 bits per heavy atom. The lowest BCUT2D eigenvalue weighted by molar-refractivity contribution is 0.219. The van der Waals surface area contributed by atoms with Crippen LogP contribution in [0.5, 0.6) is 5.75 Å². The number of hydrogen-bond donors (Lipinski definition) is 1. The topological polar surface area (TPSA) is 42.4 Å². The molecule has 3 rings (SSSR count). The first-order valence-corrected chi connectivity index (χ1v) is 6.48. The number of aliphatic hydroxyl groups is 1. The molecule has 0 amide bonds. The third-order valence-electron chi connectivity index (χ3n) is 2.76. The Bertz CT molecular complexity index is 555. The number of halogens is 1. The molecule has 0 radical (unpaired) electrons. The summed E-state index contributed by atoms with van der Waals surface area (Å²) in [6.45, 7) is 0.720. The molecule has 1 aliphatic rings. The summed E-state index contributed by atoms with van der Waals surface area (Å²) >= 11 is 7.11. The maximum absolute atomic E-state index is 10.2. The highest BCUT2D eigenvalue weighted by atomic mass is 35.5. The van der Waals surface area contributed by atoms with Crippen LogP contribution < -0.4 is 4.74 Å². The fourth-order valence-corrected chi connectivity index (χ4v) is 2.86. The number of aromatic nitrogens is 1. The SMILES string of the molecule is OC(c1ccc2c(c1)CCO2)c1ncc(Cl)s1. The Hall–Kier alpha value is -1.10. The van der Waals surface area contributed by atoms with Crippen LogP contribution in [0.15, 0.2) is 24.4 Å². The van der Waals surface area contributed by atoms with Crippen molar-refractivity contribution < 1.29 is 9.84 Å². The molecule has 5 heteroatoms. The predicted molar refractivity (Wildman–Crippen MR) is 66.8 cm³/mol. The number of hydrogen-bond acceptors (Lipinski definition) is 4. The van der Waals surface area contributed by atoms with E-state index in [9.17, 15) is 5.11 Å². The van der Waals surface area contributed by atoms with Gasteiger partial charge in [-0.1, -0.05) is 17.7 Å². The first-order chi connectivity index (χ1) is 8.24. The van der Waals surface area contributed by atoms with Gasteiger partial charge in [0, 0.05) is 6.42 Å². The highest BCUT2D eigenvalue weighted by Gasteiger charge is 2.18. The molecule has 88 valence electrons. The third-order valence-corrected chi connectivity index (χ3v) is 3.93. The molecule has 0 fully saturated rings. The van der Waals surface area contributed by atoms with Gasteiger partial charge in [0.05, 0.1) is 12.8 Å². The van der Waals surface area contributed by atoms with E-state index in [1.807, 2.05) is 18.2 Å². The van der Waals surface area contributed by atoms with Gasteiger partial charge in [-0.3, -0.25) is 0 Å². The summed E-state index contributed by atoms with van der Waals surface area (Å²) in [4.78, 5) is 4.09. The maximum atomic E-state index is 10.2. The Balaban J connectivity index is 1.94. The first kappa shape index (κ1) is 11.0. The third kappa shape index (κ3) is 2.04. The van der Waals surface area contributed by atoms with Crippen LogP contribution >= 0.6 is 22.9 Å². The molecule has 0 aliphatic carbocycles. The number of rotatable bonds is 2. The zero-order valence-corrected chi connectivity index (χ0v) is 10.5. The Kier molecular flexibility index (Phi) is 2.78. The molecule has 1 aromatic carbocycles. The van der Waals surface area contributed by atoms with Crippen LogP contribution in [0, 0.1) is 0 Å². The van der Waals surface area contributed by atoms with Crippen molar-refractivity contribution in [2.24, 2.45) is 0 Å². The lowest BCUT2D eigenvalue weighted by atomic mass is 10.0. The van der Waals surface area contributed by atoms with Crippen molar-refractivity contribution in [3.8, 4) is 5.75 Å². The molecule has 17 heavy (non-hydrogen) atoms. The van der Waals surface area contributed by atoms with Gasteiger partial charge in [0.15, 0.2) is 0 Å². The number of fused-ring (bicyclic) bond motifs is 1. The van der Waals surface area contributed by atoms with E-state index < -0.39 is 6.10 Å². The molecule has 0 bridgehead atoms. The van der Waals surface area contributed by atoms with Crippen LogP contribution in [0.3, 0.4) is 0 Å². The average molecular weight is 268 g/mol. The van der Waals surface area contributed by atoms with Gasteiger partial charge in [-0.05, 0) is 23.3 Å². The summed E-state index contributed by atoms with van der Waals surface area (Å²) in [6.07, 6.45) is 1.74.